The molecular formula is C22H22N2O5. The highest BCUT2D eigenvalue weighted by atomic mass is 16.5. The van der Waals surface area contributed by atoms with Crippen molar-refractivity contribution in [1.29, 1.82) is 0 Å². The molecule has 7 heteroatoms. The van der Waals surface area contributed by atoms with Crippen LogP contribution in [0.2, 0.25) is 0 Å². The van der Waals surface area contributed by atoms with Gasteiger partial charge in [-0.1, -0.05) is 30.3 Å². The zero-order chi connectivity index (χ0) is 21.0. The summed E-state index contributed by atoms with van der Waals surface area (Å²) in [5.41, 5.74) is 8.02. The van der Waals surface area contributed by atoms with E-state index in [0.29, 0.717) is 29.8 Å². The second-order valence-electron chi connectivity index (χ2n) is 6.75. The third-order valence-electron chi connectivity index (χ3n) is 4.73. The predicted octanol–water partition coefficient (Wildman–Crippen LogP) is 2.91. The van der Waals surface area contributed by atoms with Gasteiger partial charge in [-0.15, -0.1) is 0 Å². The molecule has 0 aliphatic heterocycles. The number of primary amides is 1. The van der Waals surface area contributed by atoms with Crippen LogP contribution in [-0.2, 0) is 16.1 Å². The van der Waals surface area contributed by atoms with E-state index in [1.807, 2.05) is 41.0 Å². The molecule has 0 aliphatic carbocycles. The minimum atomic E-state index is -1.01. The van der Waals surface area contributed by atoms with Crippen molar-refractivity contribution in [2.24, 2.45) is 5.73 Å². The first kappa shape index (κ1) is 20.1. The molecule has 150 valence electrons. The van der Waals surface area contributed by atoms with Crippen LogP contribution >= 0.6 is 0 Å². The molecule has 3 aromatic rings. The lowest BCUT2D eigenvalue weighted by molar-refractivity contribution is -0.137. The monoisotopic (exact) mass is 394 g/mol. The molecule has 0 fully saturated rings. The molecule has 1 heterocycles. The summed E-state index contributed by atoms with van der Waals surface area (Å²) in [6.07, 6.45) is 0.384. The van der Waals surface area contributed by atoms with Crippen molar-refractivity contribution in [3.8, 4) is 5.75 Å². The van der Waals surface area contributed by atoms with Gasteiger partial charge in [0.25, 0.3) is 11.7 Å². The molecule has 0 saturated carbocycles. The molecule has 1 amide bonds. The van der Waals surface area contributed by atoms with Gasteiger partial charge in [-0.05, 0) is 37.1 Å². The molecule has 7 nitrogen and oxygen atoms in total. The number of ketones is 1. The minimum Gasteiger partial charge on any atom is -0.494 e. The summed E-state index contributed by atoms with van der Waals surface area (Å²) < 4.78 is 7.59. The van der Waals surface area contributed by atoms with Crippen molar-refractivity contribution in [2.75, 3.05) is 6.61 Å². The van der Waals surface area contributed by atoms with Gasteiger partial charge in [0.1, 0.15) is 5.75 Å². The van der Waals surface area contributed by atoms with E-state index >= 15 is 0 Å². The fraction of sp³-hybridized carbons (Fsp3) is 0.227. The minimum absolute atomic E-state index is 0.0141. The van der Waals surface area contributed by atoms with E-state index in [1.54, 1.807) is 19.1 Å². The Labute approximate surface area is 167 Å². The van der Waals surface area contributed by atoms with Gasteiger partial charge in [-0.2, -0.15) is 0 Å². The SMILES string of the molecule is Cc1c(C(=O)C(N)=O)c2cc(OCCCC(=O)O)ccc2n1Cc1ccccc1. The number of nitrogens with zero attached hydrogens (tertiary/aromatic N) is 1. The number of fused-ring (bicyclic) bond motifs is 1. The molecule has 0 aliphatic rings. The van der Waals surface area contributed by atoms with E-state index in [1.165, 1.54) is 0 Å². The van der Waals surface area contributed by atoms with E-state index < -0.39 is 17.7 Å². The normalized spacial score (nSPS) is 10.8. The highest BCUT2D eigenvalue weighted by Crippen LogP contribution is 2.30. The summed E-state index contributed by atoms with van der Waals surface area (Å²) in [6.45, 7) is 2.56. The molecule has 0 saturated heterocycles. The van der Waals surface area contributed by atoms with Crippen LogP contribution in [0.3, 0.4) is 0 Å². The molecule has 1 aromatic heterocycles. The topological polar surface area (TPSA) is 112 Å². The van der Waals surface area contributed by atoms with Crippen LogP contribution < -0.4 is 10.5 Å². The Balaban J connectivity index is 2.01. The van der Waals surface area contributed by atoms with E-state index in [2.05, 4.69) is 0 Å². The molecule has 2 aromatic carbocycles. The number of carbonyl (C=O) groups is 3. The van der Waals surface area contributed by atoms with Crippen molar-refractivity contribution < 1.29 is 24.2 Å². The number of carboxylic acid groups (broad SMARTS) is 1. The third-order valence-corrected chi connectivity index (χ3v) is 4.73. The Morgan fingerprint density at radius 1 is 1.10 bits per heavy atom. The number of ether oxygens (including phenoxy) is 1. The lowest BCUT2D eigenvalue weighted by Crippen LogP contribution is -2.23. The number of aliphatic carboxylic acids is 1. The highest BCUT2D eigenvalue weighted by molar-refractivity contribution is 6.44. The smallest absolute Gasteiger partial charge is 0.303 e. The maximum atomic E-state index is 12.5. The quantitative estimate of drug-likeness (QED) is 0.329. The molecule has 3 N–H and O–H groups in total. The van der Waals surface area contributed by atoms with E-state index in [9.17, 15) is 14.4 Å². The summed E-state index contributed by atoms with van der Waals surface area (Å²) in [5, 5.41) is 9.30. The van der Waals surface area contributed by atoms with Gasteiger partial charge in [0.2, 0.25) is 0 Å². The van der Waals surface area contributed by atoms with Gasteiger partial charge < -0.3 is 20.1 Å². The van der Waals surface area contributed by atoms with Crippen molar-refractivity contribution in [2.45, 2.75) is 26.3 Å². The number of Topliss-reactive ketones (excluding diaryl/α,β-unsaturated/α-hetero) is 1. The maximum Gasteiger partial charge on any atom is 0.303 e. The second kappa shape index (κ2) is 8.60. The van der Waals surface area contributed by atoms with Crippen LogP contribution in [0.1, 0.15) is 34.5 Å². The Morgan fingerprint density at radius 3 is 2.48 bits per heavy atom. The first-order chi connectivity index (χ1) is 13.9. The molecule has 0 radical (unpaired) electrons. The number of rotatable bonds is 9. The molecular weight excluding hydrogens is 372 g/mol. The van der Waals surface area contributed by atoms with Crippen LogP contribution in [0.5, 0.6) is 5.75 Å². The lowest BCUT2D eigenvalue weighted by atomic mass is 10.1. The number of hydrogen-bond donors (Lipinski definition) is 2. The zero-order valence-electron chi connectivity index (χ0n) is 16.1. The van der Waals surface area contributed by atoms with Gasteiger partial charge in [0.15, 0.2) is 0 Å². The van der Waals surface area contributed by atoms with Crippen LogP contribution in [0.25, 0.3) is 10.9 Å². The van der Waals surface area contributed by atoms with Crippen LogP contribution in [-0.4, -0.2) is 33.9 Å². The second-order valence-corrected chi connectivity index (χ2v) is 6.75. The van der Waals surface area contributed by atoms with E-state index in [4.69, 9.17) is 15.6 Å². The highest BCUT2D eigenvalue weighted by Gasteiger charge is 2.24. The van der Waals surface area contributed by atoms with Crippen molar-refractivity contribution >= 4 is 28.6 Å². The Hall–Kier alpha value is -3.61. The average Bonchev–Trinajstić information content (AvgIpc) is 2.96. The molecule has 29 heavy (non-hydrogen) atoms. The van der Waals surface area contributed by atoms with E-state index in [0.717, 1.165) is 11.1 Å². The van der Waals surface area contributed by atoms with Crippen LogP contribution in [0, 0.1) is 6.92 Å². The van der Waals surface area contributed by atoms with E-state index in [-0.39, 0.29) is 18.6 Å². The number of carbonyl (C=O) groups excluding carboxylic acids is 2. The molecule has 3 rings (SSSR count). The number of amides is 1. The average molecular weight is 394 g/mol. The summed E-state index contributed by atoms with van der Waals surface area (Å²) in [6, 6.07) is 15.1. The number of benzene rings is 2. The fourth-order valence-electron chi connectivity index (χ4n) is 3.34. The Morgan fingerprint density at radius 2 is 1.83 bits per heavy atom. The van der Waals surface area contributed by atoms with Crippen LogP contribution in [0.4, 0.5) is 0 Å². The van der Waals surface area contributed by atoms with Gasteiger partial charge in [-0.25, -0.2) is 0 Å². The summed E-state index contributed by atoms with van der Waals surface area (Å²) in [5.74, 6) is -2.15. The Bertz CT molecular complexity index is 1070. The molecule has 0 atom stereocenters. The summed E-state index contributed by atoms with van der Waals surface area (Å²) in [7, 11) is 0. The predicted molar refractivity (Wildman–Crippen MR) is 108 cm³/mol. The number of nitrogens with two attached hydrogens (primary N) is 1. The van der Waals surface area contributed by atoms with Gasteiger partial charge in [-0.3, -0.25) is 14.4 Å². The number of hydrogen-bond acceptors (Lipinski definition) is 4. The van der Waals surface area contributed by atoms with Crippen molar-refractivity contribution in [1.82, 2.24) is 4.57 Å². The number of aromatic nitrogens is 1. The largest absolute Gasteiger partial charge is 0.494 e. The van der Waals surface area contributed by atoms with Gasteiger partial charge in [0, 0.05) is 29.6 Å². The van der Waals surface area contributed by atoms with Crippen LogP contribution in [0.15, 0.2) is 48.5 Å². The first-order valence-corrected chi connectivity index (χ1v) is 9.24. The zero-order valence-corrected chi connectivity index (χ0v) is 16.1. The van der Waals surface area contributed by atoms with Gasteiger partial charge in [0.05, 0.1) is 12.2 Å². The first-order valence-electron chi connectivity index (χ1n) is 9.24. The fourth-order valence-corrected chi connectivity index (χ4v) is 3.34. The summed E-state index contributed by atoms with van der Waals surface area (Å²) in [4.78, 5) is 34.7. The Kier molecular flexibility index (Phi) is 5.97. The molecule has 0 bridgehead atoms. The third kappa shape index (κ3) is 4.45. The maximum absolute atomic E-state index is 12.5. The number of carboxylic acids is 1. The molecule has 0 spiro atoms. The van der Waals surface area contributed by atoms with Crippen molar-refractivity contribution in [3.05, 3.63) is 65.4 Å². The molecule has 0 unspecified atom stereocenters. The van der Waals surface area contributed by atoms with Crippen molar-refractivity contribution in [3.63, 3.8) is 0 Å². The summed E-state index contributed by atoms with van der Waals surface area (Å²) >= 11 is 0. The standard InChI is InChI=1S/C22H22N2O5/c1-14-20(21(27)22(23)28)17-12-16(29-11-5-8-19(25)26)9-10-18(17)24(14)13-15-6-3-2-4-7-15/h2-4,6-7,9-10,12H,5,8,11,13H2,1H3,(H2,23,28)(H,25,26). The lowest BCUT2D eigenvalue weighted by Gasteiger charge is -2.09. The van der Waals surface area contributed by atoms with Gasteiger partial charge >= 0.3 is 5.97 Å².